The predicted molar refractivity (Wildman–Crippen MR) is 116 cm³/mol. The monoisotopic (exact) mass is 482 g/mol. The van der Waals surface area contributed by atoms with Gasteiger partial charge in [-0.1, -0.05) is 41.9 Å². The Hall–Kier alpha value is -2.62. The quantitative estimate of drug-likeness (QED) is 0.548. The second-order valence-corrected chi connectivity index (χ2v) is 9.79. The minimum Gasteiger partial charge on any atom is -0.324 e. The summed E-state index contributed by atoms with van der Waals surface area (Å²) < 4.78 is 67.6. The summed E-state index contributed by atoms with van der Waals surface area (Å²) in [4.78, 5) is 12.9. The average molecular weight is 483 g/mol. The molecule has 3 aromatic carbocycles. The molecule has 3 aromatic rings. The Morgan fingerprint density at radius 3 is 2.47 bits per heavy atom. The van der Waals surface area contributed by atoms with E-state index in [1.807, 2.05) is 12.1 Å². The molecule has 0 aromatic heterocycles. The zero-order valence-corrected chi connectivity index (χ0v) is 18.1. The minimum atomic E-state index is -4.74. The van der Waals surface area contributed by atoms with Crippen LogP contribution in [-0.2, 0) is 21.0 Å². The van der Waals surface area contributed by atoms with E-state index in [2.05, 4.69) is 5.32 Å². The molecule has 0 radical (unpaired) electrons. The van der Waals surface area contributed by atoms with Crippen molar-refractivity contribution in [1.82, 2.24) is 4.31 Å². The molecule has 5 nitrogen and oxygen atoms in total. The fourth-order valence-corrected chi connectivity index (χ4v) is 5.69. The molecule has 168 valence electrons. The molecule has 0 aliphatic carbocycles. The molecule has 0 spiro atoms. The number of carbonyl (C=O) groups excluding carboxylic acids is 1. The Morgan fingerprint density at radius 2 is 1.75 bits per heavy atom. The maximum Gasteiger partial charge on any atom is 0.418 e. The Labute approximate surface area is 187 Å². The first-order chi connectivity index (χ1) is 15.1. The van der Waals surface area contributed by atoms with Crippen LogP contribution in [0.1, 0.15) is 18.4 Å². The third-order valence-electron chi connectivity index (χ3n) is 5.38. The second kappa shape index (κ2) is 8.38. The zero-order chi connectivity index (χ0) is 23.1. The smallest absolute Gasteiger partial charge is 0.324 e. The summed E-state index contributed by atoms with van der Waals surface area (Å²) >= 11 is 5.68. The Kier molecular flexibility index (Phi) is 5.91. The Balaban J connectivity index is 1.63. The number of rotatable bonds is 4. The van der Waals surface area contributed by atoms with Gasteiger partial charge in [0, 0.05) is 11.6 Å². The predicted octanol–water partition coefficient (Wildman–Crippen LogP) is 5.30. The van der Waals surface area contributed by atoms with Gasteiger partial charge < -0.3 is 5.32 Å². The lowest BCUT2D eigenvalue weighted by Gasteiger charge is -2.24. The average Bonchev–Trinajstić information content (AvgIpc) is 3.25. The summed E-state index contributed by atoms with van der Waals surface area (Å²) in [5.74, 6) is -0.820. The molecule has 1 atom stereocenters. The van der Waals surface area contributed by atoms with Crippen molar-refractivity contribution in [3.8, 4) is 0 Å². The molecule has 1 aliphatic heterocycles. The van der Waals surface area contributed by atoms with E-state index in [-0.39, 0.29) is 22.9 Å². The largest absolute Gasteiger partial charge is 0.418 e. The van der Waals surface area contributed by atoms with Crippen LogP contribution in [0.25, 0.3) is 10.8 Å². The molecule has 32 heavy (non-hydrogen) atoms. The number of fused-ring (bicyclic) bond motifs is 1. The summed E-state index contributed by atoms with van der Waals surface area (Å²) in [5, 5.41) is 3.71. The van der Waals surface area contributed by atoms with E-state index in [4.69, 9.17) is 11.6 Å². The number of nitrogens with one attached hydrogen (secondary N) is 1. The number of benzene rings is 3. The van der Waals surface area contributed by atoms with Gasteiger partial charge in [-0.2, -0.15) is 17.5 Å². The van der Waals surface area contributed by atoms with Crippen molar-refractivity contribution in [2.45, 2.75) is 30.0 Å². The molecule has 1 N–H and O–H groups in total. The highest BCUT2D eigenvalue weighted by molar-refractivity contribution is 7.89. The summed E-state index contributed by atoms with van der Waals surface area (Å²) in [7, 11) is -4.03. The van der Waals surface area contributed by atoms with Crippen molar-refractivity contribution in [2.75, 3.05) is 11.9 Å². The van der Waals surface area contributed by atoms with E-state index in [1.165, 1.54) is 18.2 Å². The van der Waals surface area contributed by atoms with Crippen LogP contribution in [-0.4, -0.2) is 31.2 Å². The molecular formula is C22H18ClF3N2O3S. The molecule has 4 rings (SSSR count). The van der Waals surface area contributed by atoms with E-state index in [0.717, 1.165) is 27.2 Å². The number of sulfonamides is 1. The van der Waals surface area contributed by atoms with Crippen molar-refractivity contribution in [3.05, 3.63) is 71.2 Å². The van der Waals surface area contributed by atoms with Gasteiger partial charge in [0.1, 0.15) is 6.04 Å². The van der Waals surface area contributed by atoms with Gasteiger partial charge in [-0.05, 0) is 53.9 Å². The highest BCUT2D eigenvalue weighted by Gasteiger charge is 2.41. The number of halogens is 4. The van der Waals surface area contributed by atoms with E-state index in [9.17, 15) is 26.4 Å². The number of alkyl halides is 3. The van der Waals surface area contributed by atoms with Gasteiger partial charge in [0.15, 0.2) is 0 Å². The summed E-state index contributed by atoms with van der Waals surface area (Å²) in [5.41, 5.74) is -1.57. The second-order valence-electron chi connectivity index (χ2n) is 7.46. The molecule has 1 fully saturated rings. The van der Waals surface area contributed by atoms with Crippen LogP contribution in [0.15, 0.2) is 65.6 Å². The number of carbonyl (C=O) groups is 1. The first-order valence-corrected chi connectivity index (χ1v) is 11.6. The fourth-order valence-electron chi connectivity index (χ4n) is 3.83. The lowest BCUT2D eigenvalue weighted by Crippen LogP contribution is -2.43. The van der Waals surface area contributed by atoms with Crippen LogP contribution in [0.3, 0.4) is 0 Å². The normalized spacial score (nSPS) is 17.6. The lowest BCUT2D eigenvalue weighted by atomic mass is 10.1. The highest BCUT2D eigenvalue weighted by Crippen LogP contribution is 2.37. The van der Waals surface area contributed by atoms with E-state index < -0.39 is 39.4 Å². The van der Waals surface area contributed by atoms with Crippen LogP contribution in [0.2, 0.25) is 5.02 Å². The maximum absolute atomic E-state index is 13.4. The number of nitrogens with zero attached hydrogens (tertiary/aromatic N) is 1. The van der Waals surface area contributed by atoms with E-state index in [0.29, 0.717) is 6.42 Å². The zero-order valence-electron chi connectivity index (χ0n) is 16.6. The van der Waals surface area contributed by atoms with Gasteiger partial charge in [-0.25, -0.2) is 8.42 Å². The van der Waals surface area contributed by atoms with E-state index >= 15 is 0 Å². The van der Waals surface area contributed by atoms with Gasteiger partial charge >= 0.3 is 6.18 Å². The fraction of sp³-hybridized carbons (Fsp3) is 0.227. The van der Waals surface area contributed by atoms with Gasteiger partial charge in [-0.15, -0.1) is 0 Å². The first kappa shape index (κ1) is 22.6. The van der Waals surface area contributed by atoms with Crippen LogP contribution in [0.4, 0.5) is 18.9 Å². The highest BCUT2D eigenvalue weighted by atomic mass is 35.5. The van der Waals surface area contributed by atoms with Crippen molar-refractivity contribution >= 4 is 44.0 Å². The van der Waals surface area contributed by atoms with Crippen molar-refractivity contribution in [3.63, 3.8) is 0 Å². The molecular weight excluding hydrogens is 465 g/mol. The molecule has 10 heteroatoms. The third-order valence-corrected chi connectivity index (χ3v) is 7.52. The van der Waals surface area contributed by atoms with Gasteiger partial charge in [0.2, 0.25) is 15.9 Å². The Morgan fingerprint density at radius 1 is 1.03 bits per heavy atom. The number of anilines is 1. The van der Waals surface area contributed by atoms with Crippen LogP contribution in [0, 0.1) is 0 Å². The SMILES string of the molecule is O=C(Nc1ccc(Cl)cc1C(F)(F)F)[C@H]1CCCN1S(=O)(=O)c1ccc2ccccc2c1. The Bertz CT molecular complexity index is 1300. The van der Waals surface area contributed by atoms with Crippen LogP contribution >= 0.6 is 11.6 Å². The topological polar surface area (TPSA) is 66.5 Å². The third kappa shape index (κ3) is 4.32. The molecule has 0 bridgehead atoms. The standard InChI is InChI=1S/C22H18ClF3N2O3S/c23-16-8-10-19(18(13-16)22(24,25)26)27-21(29)20-6-3-11-28(20)32(30,31)17-9-7-14-4-1-2-5-15(14)12-17/h1-2,4-5,7-10,12-13,20H,3,6,11H2,(H,27,29)/t20-/m1/s1. The van der Waals surface area contributed by atoms with Crippen molar-refractivity contribution in [1.29, 1.82) is 0 Å². The summed E-state index contributed by atoms with van der Waals surface area (Å²) in [6.07, 6.45) is -4.12. The molecule has 1 saturated heterocycles. The van der Waals surface area contributed by atoms with Crippen molar-refractivity contribution < 1.29 is 26.4 Å². The van der Waals surface area contributed by atoms with E-state index in [1.54, 1.807) is 18.2 Å². The first-order valence-electron chi connectivity index (χ1n) is 9.75. The number of amides is 1. The molecule has 0 unspecified atom stereocenters. The molecule has 0 saturated carbocycles. The van der Waals surface area contributed by atoms with Gasteiger partial charge in [0.05, 0.1) is 16.1 Å². The molecule has 1 aliphatic rings. The van der Waals surface area contributed by atoms with Crippen LogP contribution < -0.4 is 5.32 Å². The van der Waals surface area contributed by atoms with Crippen LogP contribution in [0.5, 0.6) is 0 Å². The van der Waals surface area contributed by atoms with Gasteiger partial charge in [0.25, 0.3) is 0 Å². The number of hydrogen-bond acceptors (Lipinski definition) is 3. The maximum atomic E-state index is 13.4. The van der Waals surface area contributed by atoms with Gasteiger partial charge in [-0.3, -0.25) is 4.79 Å². The summed E-state index contributed by atoms with van der Waals surface area (Å²) in [6, 6.07) is 13.8. The lowest BCUT2D eigenvalue weighted by molar-refractivity contribution is -0.137. The molecule has 1 heterocycles. The summed E-state index contributed by atoms with van der Waals surface area (Å²) in [6.45, 7) is 0.0972. The molecule has 1 amide bonds. The minimum absolute atomic E-state index is 0.0263. The number of hydrogen-bond donors (Lipinski definition) is 1. The van der Waals surface area contributed by atoms with Crippen molar-refractivity contribution in [2.24, 2.45) is 0 Å².